The lowest BCUT2D eigenvalue weighted by Crippen LogP contribution is -2.49. The van der Waals surface area contributed by atoms with E-state index in [9.17, 15) is 14.4 Å². The van der Waals surface area contributed by atoms with Crippen molar-refractivity contribution in [3.8, 4) is 0 Å². The first kappa shape index (κ1) is 22.0. The van der Waals surface area contributed by atoms with E-state index in [2.05, 4.69) is 21.0 Å². The zero-order chi connectivity index (χ0) is 22.7. The molecule has 0 bridgehead atoms. The third-order valence-corrected chi connectivity index (χ3v) is 6.77. The van der Waals surface area contributed by atoms with Gasteiger partial charge in [0.25, 0.3) is 5.91 Å². The lowest BCUT2D eigenvalue weighted by Gasteiger charge is -2.30. The Balaban J connectivity index is 1.49. The second-order valence-corrected chi connectivity index (χ2v) is 8.88. The number of fused-ring (bicyclic) bond motifs is 1. The Kier molecular flexibility index (Phi) is 6.58. The molecule has 1 aromatic heterocycles. The van der Waals surface area contributed by atoms with E-state index < -0.39 is 6.04 Å². The Labute approximate surface area is 188 Å². The molecule has 1 aromatic carbocycles. The minimum Gasteiger partial charge on any atom is -0.359 e. The zero-order valence-corrected chi connectivity index (χ0v) is 18.7. The number of nitrogens with one attached hydrogen (secondary N) is 3. The van der Waals surface area contributed by atoms with Gasteiger partial charge in [-0.2, -0.15) is 5.10 Å². The van der Waals surface area contributed by atoms with Crippen LogP contribution in [0.3, 0.4) is 0 Å². The fourth-order valence-corrected chi connectivity index (χ4v) is 4.98. The number of hydrogen-bond acceptors (Lipinski definition) is 4. The molecule has 32 heavy (non-hydrogen) atoms. The molecular weight excluding hydrogens is 406 g/mol. The lowest BCUT2D eigenvalue weighted by atomic mass is 9.83. The van der Waals surface area contributed by atoms with Crippen molar-refractivity contribution < 1.29 is 14.4 Å². The highest BCUT2D eigenvalue weighted by Crippen LogP contribution is 2.30. The monoisotopic (exact) mass is 437 g/mol. The van der Waals surface area contributed by atoms with E-state index in [1.807, 2.05) is 18.2 Å². The summed E-state index contributed by atoms with van der Waals surface area (Å²) in [6.45, 7) is 0. The maximum atomic E-state index is 13.3. The highest BCUT2D eigenvalue weighted by Gasteiger charge is 2.32. The summed E-state index contributed by atoms with van der Waals surface area (Å²) < 4.78 is 1.51. The average Bonchev–Trinajstić information content (AvgIpc) is 3.43. The predicted octanol–water partition coefficient (Wildman–Crippen LogP) is 2.20. The van der Waals surface area contributed by atoms with Gasteiger partial charge in [0.15, 0.2) is 0 Å². The molecule has 0 radical (unpaired) electrons. The van der Waals surface area contributed by atoms with Gasteiger partial charge in [0, 0.05) is 31.9 Å². The molecule has 2 aliphatic rings. The molecule has 2 atom stereocenters. The van der Waals surface area contributed by atoms with E-state index >= 15 is 0 Å². The quantitative estimate of drug-likeness (QED) is 0.644. The molecular formula is C24H31N5O3. The molecule has 170 valence electrons. The molecule has 2 aliphatic carbocycles. The zero-order valence-electron chi connectivity index (χ0n) is 18.7. The molecule has 3 N–H and O–H groups in total. The van der Waals surface area contributed by atoms with Gasteiger partial charge >= 0.3 is 0 Å². The van der Waals surface area contributed by atoms with Gasteiger partial charge in [-0.25, -0.2) is 0 Å². The van der Waals surface area contributed by atoms with E-state index in [0.717, 1.165) is 43.2 Å². The van der Waals surface area contributed by atoms with Gasteiger partial charge < -0.3 is 16.0 Å². The van der Waals surface area contributed by atoms with Crippen molar-refractivity contribution in [2.45, 2.75) is 51.0 Å². The number of carbonyl (C=O) groups is 3. The summed E-state index contributed by atoms with van der Waals surface area (Å²) in [6, 6.07) is 6.86. The van der Waals surface area contributed by atoms with Crippen LogP contribution in [0.1, 0.15) is 53.7 Å². The van der Waals surface area contributed by atoms with E-state index in [4.69, 9.17) is 0 Å². The van der Waals surface area contributed by atoms with Gasteiger partial charge in [0.05, 0.1) is 0 Å². The van der Waals surface area contributed by atoms with Crippen molar-refractivity contribution in [3.05, 3.63) is 47.3 Å². The SMILES string of the molecule is CNC(=O)C1Cc2ccc(NC(=O)[C@@H](NC(=O)c3ccnn3C)C3CCCCC3)cc2C1. The van der Waals surface area contributed by atoms with E-state index in [-0.39, 0.29) is 29.6 Å². The molecule has 4 rings (SSSR count). The van der Waals surface area contributed by atoms with Crippen LogP contribution in [-0.2, 0) is 29.5 Å². The van der Waals surface area contributed by atoms with Gasteiger partial charge in [-0.15, -0.1) is 0 Å². The summed E-state index contributed by atoms with van der Waals surface area (Å²) in [7, 11) is 3.36. The van der Waals surface area contributed by atoms with Crippen LogP contribution in [0.5, 0.6) is 0 Å². The van der Waals surface area contributed by atoms with Crippen molar-refractivity contribution in [2.75, 3.05) is 12.4 Å². The van der Waals surface area contributed by atoms with Crippen LogP contribution in [0.15, 0.2) is 30.5 Å². The first-order valence-corrected chi connectivity index (χ1v) is 11.4. The van der Waals surface area contributed by atoms with Crippen molar-refractivity contribution in [1.29, 1.82) is 0 Å². The fraction of sp³-hybridized carbons (Fsp3) is 0.500. The van der Waals surface area contributed by atoms with Crippen LogP contribution in [0.25, 0.3) is 0 Å². The number of nitrogens with zero attached hydrogens (tertiary/aromatic N) is 2. The van der Waals surface area contributed by atoms with Crippen molar-refractivity contribution in [1.82, 2.24) is 20.4 Å². The maximum Gasteiger partial charge on any atom is 0.270 e. The Morgan fingerprint density at radius 3 is 2.50 bits per heavy atom. The lowest BCUT2D eigenvalue weighted by molar-refractivity contribution is -0.124. The van der Waals surface area contributed by atoms with Crippen LogP contribution in [0.4, 0.5) is 5.69 Å². The van der Waals surface area contributed by atoms with Gasteiger partial charge in [-0.3, -0.25) is 19.1 Å². The number of aromatic nitrogens is 2. The molecule has 8 heteroatoms. The van der Waals surface area contributed by atoms with Crippen LogP contribution in [-0.4, -0.2) is 40.6 Å². The number of hydrogen-bond donors (Lipinski definition) is 3. The number of amides is 3. The van der Waals surface area contributed by atoms with Gasteiger partial charge in [0.1, 0.15) is 11.7 Å². The summed E-state index contributed by atoms with van der Waals surface area (Å²) in [5, 5.41) is 12.8. The molecule has 1 heterocycles. The fourth-order valence-electron chi connectivity index (χ4n) is 4.98. The van der Waals surface area contributed by atoms with Crippen molar-refractivity contribution >= 4 is 23.4 Å². The molecule has 1 unspecified atom stereocenters. The summed E-state index contributed by atoms with van der Waals surface area (Å²) in [5.41, 5.74) is 3.35. The smallest absolute Gasteiger partial charge is 0.270 e. The van der Waals surface area contributed by atoms with E-state index in [1.165, 1.54) is 4.68 Å². The number of carbonyl (C=O) groups excluding carboxylic acids is 3. The Hall–Kier alpha value is -3.16. The minimum atomic E-state index is -0.607. The van der Waals surface area contributed by atoms with Crippen LogP contribution < -0.4 is 16.0 Å². The van der Waals surface area contributed by atoms with Crippen LogP contribution in [0.2, 0.25) is 0 Å². The molecule has 8 nitrogen and oxygen atoms in total. The molecule has 2 aromatic rings. The number of benzene rings is 1. The van der Waals surface area contributed by atoms with Crippen molar-refractivity contribution in [3.63, 3.8) is 0 Å². The highest BCUT2D eigenvalue weighted by molar-refractivity contribution is 6.00. The molecule has 1 fully saturated rings. The third kappa shape index (κ3) is 4.69. The number of rotatable bonds is 6. The second kappa shape index (κ2) is 9.54. The van der Waals surface area contributed by atoms with Crippen LogP contribution >= 0.6 is 0 Å². The number of anilines is 1. The van der Waals surface area contributed by atoms with Gasteiger partial charge in [-0.1, -0.05) is 25.3 Å². The largest absolute Gasteiger partial charge is 0.359 e. The van der Waals surface area contributed by atoms with Crippen LogP contribution in [0, 0.1) is 11.8 Å². The standard InChI is InChI=1S/C24H31N5O3/c1-25-22(30)18-12-16-8-9-19(14-17(16)13-18)27-24(32)21(15-6-4-3-5-7-15)28-23(31)20-10-11-26-29(20)2/h8-11,14-15,18,21H,3-7,12-13H2,1-2H3,(H,25,30)(H,27,32)(H,28,31)/t18?,21-/m0/s1. The normalized spacial score (nSPS) is 19.1. The Bertz CT molecular complexity index is 1010. The van der Waals surface area contributed by atoms with Gasteiger partial charge in [0.2, 0.25) is 11.8 Å². The molecule has 1 saturated carbocycles. The van der Waals surface area contributed by atoms with E-state index in [1.54, 1.807) is 26.4 Å². The minimum absolute atomic E-state index is 0.0435. The molecule has 0 saturated heterocycles. The Morgan fingerprint density at radius 2 is 1.81 bits per heavy atom. The first-order chi connectivity index (χ1) is 15.5. The second-order valence-electron chi connectivity index (χ2n) is 8.88. The third-order valence-electron chi connectivity index (χ3n) is 6.77. The molecule has 0 spiro atoms. The maximum absolute atomic E-state index is 13.3. The Morgan fingerprint density at radius 1 is 1.06 bits per heavy atom. The van der Waals surface area contributed by atoms with E-state index in [0.29, 0.717) is 24.2 Å². The molecule has 3 amide bonds. The highest BCUT2D eigenvalue weighted by atomic mass is 16.2. The topological polar surface area (TPSA) is 105 Å². The molecule has 0 aliphatic heterocycles. The first-order valence-electron chi connectivity index (χ1n) is 11.4. The predicted molar refractivity (Wildman–Crippen MR) is 121 cm³/mol. The average molecular weight is 438 g/mol. The summed E-state index contributed by atoms with van der Waals surface area (Å²) in [5.74, 6) is -0.407. The van der Waals surface area contributed by atoms with Crippen molar-refractivity contribution in [2.24, 2.45) is 18.9 Å². The summed E-state index contributed by atoms with van der Waals surface area (Å²) >= 11 is 0. The number of aryl methyl sites for hydroxylation is 1. The summed E-state index contributed by atoms with van der Waals surface area (Å²) in [4.78, 5) is 38.1. The summed E-state index contributed by atoms with van der Waals surface area (Å²) in [6.07, 6.45) is 8.09. The van der Waals surface area contributed by atoms with Gasteiger partial charge in [-0.05, 0) is 60.9 Å².